The summed E-state index contributed by atoms with van der Waals surface area (Å²) < 4.78 is 8.64. The van der Waals surface area contributed by atoms with Gasteiger partial charge in [-0.1, -0.05) is 34.1 Å². The first kappa shape index (κ1) is 18.1. The molecular formula is C21H20BrN3OS. The van der Waals surface area contributed by atoms with E-state index in [9.17, 15) is 0 Å². The van der Waals surface area contributed by atoms with E-state index in [2.05, 4.69) is 61.2 Å². The van der Waals surface area contributed by atoms with Crippen LogP contribution in [-0.4, -0.2) is 28.2 Å². The average molecular weight is 442 g/mol. The largest absolute Gasteiger partial charge is 0.497 e. The highest BCUT2D eigenvalue weighted by Crippen LogP contribution is 2.34. The average Bonchev–Trinajstić information content (AvgIpc) is 3.16. The third kappa shape index (κ3) is 3.73. The maximum Gasteiger partial charge on any atom is 0.174 e. The zero-order valence-electron chi connectivity index (χ0n) is 14.9. The van der Waals surface area contributed by atoms with Crippen LogP contribution in [-0.2, 0) is 6.54 Å². The number of ether oxygens (including phenoxy) is 1. The minimum atomic E-state index is 0.0619. The fourth-order valence-electron chi connectivity index (χ4n) is 3.50. The molecule has 0 spiro atoms. The molecule has 1 N–H and O–H groups in total. The van der Waals surface area contributed by atoms with Crippen LogP contribution in [0.1, 0.15) is 17.3 Å². The SMILES string of the molecule is COc1ccc([C@@H]2c3cccn3CCN2C(=S)Nc2cccc(Br)c2)cc1. The van der Waals surface area contributed by atoms with Crippen LogP contribution in [0.3, 0.4) is 0 Å². The fraction of sp³-hybridized carbons (Fsp3) is 0.190. The topological polar surface area (TPSA) is 29.4 Å². The fourth-order valence-corrected chi connectivity index (χ4v) is 4.21. The molecule has 6 heteroatoms. The summed E-state index contributed by atoms with van der Waals surface area (Å²) in [6, 6.07) is 20.6. The van der Waals surface area contributed by atoms with E-state index in [1.54, 1.807) is 7.11 Å². The first-order valence-corrected chi connectivity index (χ1v) is 9.98. The Morgan fingerprint density at radius 2 is 1.93 bits per heavy atom. The van der Waals surface area contributed by atoms with Crippen LogP contribution in [0.5, 0.6) is 5.75 Å². The van der Waals surface area contributed by atoms with Crippen LogP contribution in [0, 0.1) is 0 Å². The van der Waals surface area contributed by atoms with Gasteiger partial charge in [-0.25, -0.2) is 0 Å². The number of methoxy groups -OCH3 is 1. The molecule has 0 saturated carbocycles. The van der Waals surface area contributed by atoms with E-state index in [-0.39, 0.29) is 6.04 Å². The van der Waals surface area contributed by atoms with Crippen molar-refractivity contribution in [3.63, 3.8) is 0 Å². The van der Waals surface area contributed by atoms with Crippen LogP contribution in [0.4, 0.5) is 5.69 Å². The number of nitrogens with zero attached hydrogens (tertiary/aromatic N) is 2. The Balaban J connectivity index is 1.66. The Labute approximate surface area is 172 Å². The first-order valence-electron chi connectivity index (χ1n) is 8.78. The predicted molar refractivity (Wildman–Crippen MR) is 116 cm³/mol. The van der Waals surface area contributed by atoms with Gasteiger partial charge in [-0.15, -0.1) is 0 Å². The molecule has 1 aliphatic heterocycles. The molecule has 0 saturated heterocycles. The highest BCUT2D eigenvalue weighted by molar-refractivity contribution is 9.10. The zero-order valence-corrected chi connectivity index (χ0v) is 17.3. The van der Waals surface area contributed by atoms with Crippen molar-refractivity contribution in [2.45, 2.75) is 12.6 Å². The smallest absolute Gasteiger partial charge is 0.174 e. The normalized spacial score (nSPS) is 15.9. The van der Waals surface area contributed by atoms with Gasteiger partial charge in [0.25, 0.3) is 0 Å². The standard InChI is InChI=1S/C21H20BrN3OS/c1-26-18-9-7-15(8-10-18)20-19-6-3-11-24(19)12-13-25(20)21(27)23-17-5-2-4-16(22)14-17/h2-11,14,20H,12-13H2,1H3,(H,23,27)/t20-/m1/s1. The second kappa shape index (κ2) is 7.74. The third-order valence-electron chi connectivity index (χ3n) is 4.81. The monoisotopic (exact) mass is 441 g/mol. The molecule has 0 aliphatic carbocycles. The van der Waals surface area contributed by atoms with Gasteiger partial charge >= 0.3 is 0 Å². The number of halogens is 1. The highest BCUT2D eigenvalue weighted by atomic mass is 79.9. The Hall–Kier alpha value is -2.31. The lowest BCUT2D eigenvalue weighted by Crippen LogP contribution is -2.44. The number of fused-ring (bicyclic) bond motifs is 1. The lowest BCUT2D eigenvalue weighted by molar-refractivity contribution is 0.293. The molecule has 1 atom stereocenters. The Morgan fingerprint density at radius 3 is 2.67 bits per heavy atom. The number of thiocarbonyl (C=S) groups is 1. The van der Waals surface area contributed by atoms with Crippen molar-refractivity contribution >= 4 is 38.9 Å². The quantitative estimate of drug-likeness (QED) is 0.575. The van der Waals surface area contributed by atoms with E-state index in [1.807, 2.05) is 36.4 Å². The molecule has 2 heterocycles. The van der Waals surface area contributed by atoms with Gasteiger partial charge in [0.1, 0.15) is 5.75 Å². The molecule has 4 rings (SSSR count). The molecule has 1 aliphatic rings. The van der Waals surface area contributed by atoms with E-state index in [0.29, 0.717) is 0 Å². The first-order chi connectivity index (χ1) is 13.2. The third-order valence-corrected chi connectivity index (χ3v) is 5.64. The van der Waals surface area contributed by atoms with Crippen molar-refractivity contribution < 1.29 is 4.74 Å². The molecule has 0 unspecified atom stereocenters. The van der Waals surface area contributed by atoms with Crippen LogP contribution in [0.2, 0.25) is 0 Å². The van der Waals surface area contributed by atoms with Crippen LogP contribution < -0.4 is 10.1 Å². The van der Waals surface area contributed by atoms with Crippen molar-refractivity contribution in [2.24, 2.45) is 0 Å². The number of hydrogen-bond acceptors (Lipinski definition) is 2. The lowest BCUT2D eigenvalue weighted by Gasteiger charge is -2.39. The lowest BCUT2D eigenvalue weighted by atomic mass is 10.00. The Morgan fingerprint density at radius 1 is 1.11 bits per heavy atom. The summed E-state index contributed by atoms with van der Waals surface area (Å²) in [5.74, 6) is 0.853. The van der Waals surface area contributed by atoms with Gasteiger partial charge in [0.2, 0.25) is 0 Å². The van der Waals surface area contributed by atoms with Gasteiger partial charge in [-0.2, -0.15) is 0 Å². The summed E-state index contributed by atoms with van der Waals surface area (Å²) in [6.07, 6.45) is 2.13. The Bertz CT molecular complexity index is 954. The molecule has 2 aromatic carbocycles. The maximum absolute atomic E-state index is 5.79. The summed E-state index contributed by atoms with van der Waals surface area (Å²) >= 11 is 9.31. The van der Waals surface area contributed by atoms with Crippen molar-refractivity contribution in [2.75, 3.05) is 19.0 Å². The highest BCUT2D eigenvalue weighted by Gasteiger charge is 2.30. The minimum Gasteiger partial charge on any atom is -0.497 e. The Kier molecular flexibility index (Phi) is 5.18. The zero-order chi connectivity index (χ0) is 18.8. The molecular weight excluding hydrogens is 422 g/mol. The van der Waals surface area contributed by atoms with Gasteiger partial charge in [0.15, 0.2) is 5.11 Å². The second-order valence-corrected chi connectivity index (χ2v) is 7.74. The molecule has 0 fully saturated rings. The number of benzene rings is 2. The van der Waals surface area contributed by atoms with E-state index < -0.39 is 0 Å². The molecule has 138 valence electrons. The van der Waals surface area contributed by atoms with Gasteiger partial charge in [-0.3, -0.25) is 0 Å². The molecule has 27 heavy (non-hydrogen) atoms. The van der Waals surface area contributed by atoms with Crippen molar-refractivity contribution in [3.8, 4) is 5.75 Å². The second-order valence-electron chi connectivity index (χ2n) is 6.44. The molecule has 0 amide bonds. The number of rotatable bonds is 3. The summed E-state index contributed by atoms with van der Waals surface area (Å²) in [4.78, 5) is 2.26. The summed E-state index contributed by atoms with van der Waals surface area (Å²) in [5.41, 5.74) is 3.41. The number of anilines is 1. The van der Waals surface area contributed by atoms with Gasteiger partial charge < -0.3 is 19.5 Å². The van der Waals surface area contributed by atoms with Crippen LogP contribution in [0.15, 0.2) is 71.3 Å². The van der Waals surface area contributed by atoms with Crippen molar-refractivity contribution in [1.82, 2.24) is 9.47 Å². The van der Waals surface area contributed by atoms with Crippen LogP contribution >= 0.6 is 28.1 Å². The molecule has 0 radical (unpaired) electrons. The van der Waals surface area contributed by atoms with Gasteiger partial charge in [-0.05, 0) is 60.2 Å². The molecule has 4 nitrogen and oxygen atoms in total. The number of aromatic nitrogens is 1. The van der Waals surface area contributed by atoms with Crippen LogP contribution in [0.25, 0.3) is 0 Å². The summed E-state index contributed by atoms with van der Waals surface area (Å²) in [7, 11) is 1.68. The summed E-state index contributed by atoms with van der Waals surface area (Å²) in [6.45, 7) is 1.76. The van der Waals surface area contributed by atoms with E-state index >= 15 is 0 Å². The van der Waals surface area contributed by atoms with E-state index in [1.165, 1.54) is 11.3 Å². The molecule has 0 bridgehead atoms. The molecule has 3 aromatic rings. The van der Waals surface area contributed by atoms with Gasteiger partial charge in [0, 0.05) is 35.1 Å². The minimum absolute atomic E-state index is 0.0619. The number of nitrogens with one attached hydrogen (secondary N) is 1. The van der Waals surface area contributed by atoms with Crippen molar-refractivity contribution in [3.05, 3.63) is 82.6 Å². The maximum atomic E-state index is 5.79. The van der Waals surface area contributed by atoms with Crippen molar-refractivity contribution in [1.29, 1.82) is 0 Å². The van der Waals surface area contributed by atoms with E-state index in [0.717, 1.165) is 34.1 Å². The molecule has 1 aromatic heterocycles. The predicted octanol–water partition coefficient (Wildman–Crippen LogP) is 5.06. The van der Waals surface area contributed by atoms with Gasteiger partial charge in [0.05, 0.1) is 13.2 Å². The summed E-state index contributed by atoms with van der Waals surface area (Å²) in [5, 5.41) is 4.11. The number of hydrogen-bond donors (Lipinski definition) is 1. The van der Waals surface area contributed by atoms with E-state index in [4.69, 9.17) is 17.0 Å².